The van der Waals surface area contributed by atoms with E-state index in [2.05, 4.69) is 20.8 Å². The zero-order valence-corrected chi connectivity index (χ0v) is 13.4. The molecule has 0 spiro atoms. The van der Waals surface area contributed by atoms with E-state index in [0.29, 0.717) is 0 Å². The fourth-order valence-electron chi connectivity index (χ4n) is 1.48. The van der Waals surface area contributed by atoms with E-state index in [9.17, 15) is 0 Å². The maximum absolute atomic E-state index is 2.33. The topological polar surface area (TPSA) is 63.0 Å². The van der Waals surface area contributed by atoms with Gasteiger partial charge in [0.25, 0.3) is 0 Å². The Morgan fingerprint density at radius 1 is 0.600 bits per heavy atom. The molecule has 0 bridgehead atoms. The average Bonchev–Trinajstić information content (AvgIpc) is 2.17. The van der Waals surface area contributed by atoms with Crippen molar-refractivity contribution < 1.29 is 11.0 Å². The second-order valence-corrected chi connectivity index (χ2v) is 11.6. The third-order valence-corrected chi connectivity index (χ3v) is 10.6. The first kappa shape index (κ1) is 21.1. The van der Waals surface area contributed by atoms with Crippen LogP contribution in [-0.4, -0.2) is 31.2 Å². The Kier molecular flexibility index (Phi) is 24.1. The van der Waals surface area contributed by atoms with Gasteiger partial charge in [-0.3, -0.25) is 0 Å². The first-order valence-corrected chi connectivity index (χ1v) is 11.5. The standard InChI is InChI=1S/3C4H9.2H2O.Sb/c3*1-3-4-2;;;/h3*1,3-4H2,2H3;2*1H2;. The van der Waals surface area contributed by atoms with E-state index >= 15 is 0 Å². The largest absolute Gasteiger partial charge is 0.412 e. The Labute approximate surface area is 103 Å². The van der Waals surface area contributed by atoms with Gasteiger partial charge in [0.2, 0.25) is 0 Å². The quantitative estimate of drug-likeness (QED) is 0.583. The zero-order chi connectivity index (χ0) is 9.94. The van der Waals surface area contributed by atoms with Gasteiger partial charge >= 0.3 is 92.6 Å². The molecule has 15 heavy (non-hydrogen) atoms. The molecule has 0 saturated carbocycles. The molecule has 2 nitrogen and oxygen atoms in total. The van der Waals surface area contributed by atoms with Gasteiger partial charge < -0.3 is 11.0 Å². The molecular weight excluding hydrogens is 298 g/mol. The van der Waals surface area contributed by atoms with Crippen LogP contribution in [0.15, 0.2) is 0 Å². The molecule has 0 aliphatic carbocycles. The van der Waals surface area contributed by atoms with Gasteiger partial charge in [0.15, 0.2) is 0 Å². The molecule has 0 unspecified atom stereocenters. The summed E-state index contributed by atoms with van der Waals surface area (Å²) in [4.78, 5) is 0. The zero-order valence-electron chi connectivity index (χ0n) is 10.8. The predicted molar refractivity (Wildman–Crippen MR) is 72.1 cm³/mol. The predicted octanol–water partition coefficient (Wildman–Crippen LogP) is 3.23. The number of hydrogen-bond donors (Lipinski definition) is 0. The van der Waals surface area contributed by atoms with Crippen LogP contribution in [0.5, 0.6) is 0 Å². The van der Waals surface area contributed by atoms with Crippen LogP contribution < -0.4 is 0 Å². The summed E-state index contributed by atoms with van der Waals surface area (Å²) in [5, 5.41) is 0. The minimum Gasteiger partial charge on any atom is -0.412 e. The Morgan fingerprint density at radius 2 is 0.867 bits per heavy atom. The van der Waals surface area contributed by atoms with E-state index < -0.39 is 20.2 Å². The van der Waals surface area contributed by atoms with Gasteiger partial charge in [0, 0.05) is 0 Å². The molecule has 0 rings (SSSR count). The molecule has 0 fully saturated rings. The summed E-state index contributed by atoms with van der Waals surface area (Å²) in [5.74, 6) is 0. The monoisotopic (exact) mass is 328 g/mol. The molecule has 0 saturated heterocycles. The maximum Gasteiger partial charge on any atom is -0.412 e. The van der Waals surface area contributed by atoms with E-state index in [-0.39, 0.29) is 11.0 Å². The van der Waals surface area contributed by atoms with E-state index in [1.807, 2.05) is 0 Å². The molecular formula is C12H31O2Sb. The molecule has 4 N–H and O–H groups in total. The molecule has 0 aromatic carbocycles. The summed E-state index contributed by atoms with van der Waals surface area (Å²) < 4.78 is 5.00. The van der Waals surface area contributed by atoms with Crippen LogP contribution in [0.3, 0.4) is 0 Å². The van der Waals surface area contributed by atoms with Crippen molar-refractivity contribution in [2.75, 3.05) is 0 Å². The van der Waals surface area contributed by atoms with Crippen molar-refractivity contribution in [3.05, 3.63) is 0 Å². The van der Waals surface area contributed by atoms with E-state index in [1.165, 1.54) is 38.5 Å². The van der Waals surface area contributed by atoms with Gasteiger partial charge in [-0.2, -0.15) is 0 Å². The summed E-state index contributed by atoms with van der Waals surface area (Å²) in [6.07, 6.45) is 8.82. The van der Waals surface area contributed by atoms with Gasteiger partial charge in [0.1, 0.15) is 0 Å². The molecule has 0 aromatic heterocycles. The molecule has 96 valence electrons. The van der Waals surface area contributed by atoms with Crippen LogP contribution in [0.1, 0.15) is 59.3 Å². The van der Waals surface area contributed by atoms with Gasteiger partial charge in [-0.05, 0) is 0 Å². The summed E-state index contributed by atoms with van der Waals surface area (Å²) in [6.45, 7) is 6.99. The Balaban J connectivity index is -0.000000720. The van der Waals surface area contributed by atoms with Crippen molar-refractivity contribution in [1.29, 1.82) is 0 Å². The van der Waals surface area contributed by atoms with Crippen LogP contribution in [-0.2, 0) is 0 Å². The van der Waals surface area contributed by atoms with E-state index in [1.54, 1.807) is 13.1 Å². The first-order chi connectivity index (χ1) is 6.35. The van der Waals surface area contributed by atoms with Crippen LogP contribution in [0.25, 0.3) is 0 Å². The summed E-state index contributed by atoms with van der Waals surface area (Å²) in [5.41, 5.74) is 0. The summed E-state index contributed by atoms with van der Waals surface area (Å²) in [7, 11) is 0. The SMILES string of the molecule is CCC[CH2][Sb]([CH2]CCC)[CH2]CCC.O.O. The maximum atomic E-state index is 2.33. The van der Waals surface area contributed by atoms with Crippen LogP contribution in [0.4, 0.5) is 0 Å². The molecule has 0 aliphatic heterocycles. The molecule has 3 heteroatoms. The van der Waals surface area contributed by atoms with Crippen molar-refractivity contribution in [1.82, 2.24) is 0 Å². The van der Waals surface area contributed by atoms with Gasteiger partial charge in [-0.15, -0.1) is 0 Å². The molecule has 0 aliphatic rings. The fraction of sp³-hybridized carbons (Fsp3) is 1.00. The van der Waals surface area contributed by atoms with Gasteiger partial charge in [0.05, 0.1) is 0 Å². The van der Waals surface area contributed by atoms with Crippen molar-refractivity contribution in [2.24, 2.45) is 0 Å². The smallest absolute Gasteiger partial charge is 0.412 e. The second kappa shape index (κ2) is 17.1. The molecule has 0 atom stereocenters. The van der Waals surface area contributed by atoms with E-state index in [4.69, 9.17) is 0 Å². The second-order valence-electron chi connectivity index (χ2n) is 3.90. The minimum atomic E-state index is -0.712. The van der Waals surface area contributed by atoms with Crippen molar-refractivity contribution in [3.8, 4) is 0 Å². The number of unbranched alkanes of at least 4 members (excludes halogenated alkanes) is 3. The number of hydrogen-bond acceptors (Lipinski definition) is 0. The summed E-state index contributed by atoms with van der Waals surface area (Å²) >= 11 is -0.712. The number of rotatable bonds is 9. The Morgan fingerprint density at radius 3 is 1.07 bits per heavy atom. The third kappa shape index (κ3) is 14.7. The molecule has 0 amide bonds. The average molecular weight is 329 g/mol. The van der Waals surface area contributed by atoms with Crippen LogP contribution in [0.2, 0.25) is 13.1 Å². The third-order valence-electron chi connectivity index (χ3n) is 2.48. The van der Waals surface area contributed by atoms with Gasteiger partial charge in [-0.25, -0.2) is 0 Å². The normalized spacial score (nSPS) is 9.60. The van der Waals surface area contributed by atoms with Crippen LogP contribution in [0, 0.1) is 0 Å². The molecule has 0 radical (unpaired) electrons. The Hall–Kier alpha value is 0.738. The molecule has 0 heterocycles. The van der Waals surface area contributed by atoms with Crippen molar-refractivity contribution in [3.63, 3.8) is 0 Å². The summed E-state index contributed by atoms with van der Waals surface area (Å²) in [6, 6.07) is 0. The van der Waals surface area contributed by atoms with Crippen molar-refractivity contribution >= 4 is 20.2 Å². The fourth-order valence-corrected chi connectivity index (χ4v) is 9.93. The van der Waals surface area contributed by atoms with Gasteiger partial charge in [-0.1, -0.05) is 0 Å². The first-order valence-electron chi connectivity index (χ1n) is 6.07. The van der Waals surface area contributed by atoms with Crippen LogP contribution >= 0.6 is 0 Å². The minimum absolute atomic E-state index is 0. The Bertz CT molecular complexity index is 80.6. The van der Waals surface area contributed by atoms with E-state index in [0.717, 1.165) is 0 Å². The van der Waals surface area contributed by atoms with Crippen molar-refractivity contribution in [2.45, 2.75) is 72.4 Å². The molecule has 0 aromatic rings.